The number of phenols is 9. The first-order valence-electron chi connectivity index (χ1n) is 11.3. The van der Waals surface area contributed by atoms with E-state index >= 15 is 0 Å². The molecular weight excluding hydrogens is 496 g/mol. The average molecular weight is 518 g/mol. The number of aromatic hydroxyl groups is 9. The van der Waals surface area contributed by atoms with E-state index in [1.54, 1.807) is 6.08 Å². The summed E-state index contributed by atoms with van der Waals surface area (Å²) in [6.45, 7) is 0. The largest absolute Gasteiger partial charge is 0.508 e. The fourth-order valence-corrected chi connectivity index (χ4v) is 4.68. The lowest BCUT2D eigenvalue weighted by molar-refractivity contribution is 0.212. The molecule has 0 amide bonds. The molecule has 0 spiro atoms. The number of ether oxygens (including phenoxy) is 1. The van der Waals surface area contributed by atoms with Crippen molar-refractivity contribution in [1.82, 2.24) is 0 Å². The van der Waals surface area contributed by atoms with Crippen molar-refractivity contribution in [2.75, 3.05) is 0 Å². The van der Waals surface area contributed by atoms with Crippen molar-refractivity contribution < 1.29 is 50.7 Å². The molecule has 194 valence electrons. The Morgan fingerprint density at radius 3 is 1.63 bits per heavy atom. The molecule has 1 aliphatic rings. The summed E-state index contributed by atoms with van der Waals surface area (Å²) in [7, 11) is 0. The van der Waals surface area contributed by atoms with Crippen molar-refractivity contribution >= 4 is 12.2 Å². The standard InChI is InChI=1S/C28H22O10/c29-16-3-12(4-17(30)10-16)1-2-13-7-22(35)26(37)28-23(13)24(14-5-18(31)11-19(32)6-14)27(38-28)15-8-20(33)25(36)21(34)9-15/h1-11,24,27,29-37H/t24-,27+/m0/s1. The summed E-state index contributed by atoms with van der Waals surface area (Å²) in [6.07, 6.45) is 2.00. The average Bonchev–Trinajstić information content (AvgIpc) is 3.23. The smallest absolute Gasteiger partial charge is 0.200 e. The topological polar surface area (TPSA) is 191 Å². The molecule has 2 atom stereocenters. The van der Waals surface area contributed by atoms with Gasteiger partial charge in [-0.3, -0.25) is 0 Å². The van der Waals surface area contributed by atoms with Crippen LogP contribution in [0, 0.1) is 0 Å². The maximum Gasteiger partial charge on any atom is 0.200 e. The summed E-state index contributed by atoms with van der Waals surface area (Å²) in [4.78, 5) is 0. The predicted octanol–water partition coefficient (Wildman–Crippen LogP) is 4.47. The molecule has 10 nitrogen and oxygen atoms in total. The molecule has 9 N–H and O–H groups in total. The molecular formula is C28H22O10. The first-order valence-corrected chi connectivity index (χ1v) is 11.3. The Morgan fingerprint density at radius 2 is 1.05 bits per heavy atom. The highest BCUT2D eigenvalue weighted by Gasteiger charge is 2.42. The first-order chi connectivity index (χ1) is 18.0. The lowest BCUT2D eigenvalue weighted by atomic mass is 9.82. The molecule has 0 saturated heterocycles. The number of hydrogen-bond acceptors (Lipinski definition) is 10. The van der Waals surface area contributed by atoms with Gasteiger partial charge in [0.25, 0.3) is 0 Å². The minimum Gasteiger partial charge on any atom is -0.508 e. The third kappa shape index (κ3) is 4.24. The summed E-state index contributed by atoms with van der Waals surface area (Å²) in [5.74, 6) is -5.00. The third-order valence-corrected chi connectivity index (χ3v) is 6.25. The summed E-state index contributed by atoms with van der Waals surface area (Å²) < 4.78 is 6.04. The first kappa shape index (κ1) is 24.3. The fourth-order valence-electron chi connectivity index (χ4n) is 4.68. The van der Waals surface area contributed by atoms with Gasteiger partial charge in [0.15, 0.2) is 28.7 Å². The van der Waals surface area contributed by atoms with Crippen LogP contribution in [0.25, 0.3) is 12.2 Å². The minimum atomic E-state index is -1.08. The van der Waals surface area contributed by atoms with Crippen LogP contribution in [-0.2, 0) is 0 Å². The summed E-state index contributed by atoms with van der Waals surface area (Å²) in [5.41, 5.74) is 1.57. The van der Waals surface area contributed by atoms with E-state index < -0.39 is 40.8 Å². The van der Waals surface area contributed by atoms with E-state index in [1.807, 2.05) is 0 Å². The molecule has 5 rings (SSSR count). The molecule has 10 heteroatoms. The molecule has 0 bridgehead atoms. The van der Waals surface area contributed by atoms with Gasteiger partial charge in [0.2, 0.25) is 5.75 Å². The normalized spacial score (nSPS) is 16.4. The molecule has 1 heterocycles. The van der Waals surface area contributed by atoms with Gasteiger partial charge in [-0.1, -0.05) is 12.2 Å². The van der Waals surface area contributed by atoms with E-state index in [1.165, 1.54) is 36.4 Å². The fraction of sp³-hybridized carbons (Fsp3) is 0.0714. The van der Waals surface area contributed by atoms with Crippen LogP contribution in [0.2, 0.25) is 0 Å². The second kappa shape index (κ2) is 8.93. The van der Waals surface area contributed by atoms with Gasteiger partial charge >= 0.3 is 0 Å². The van der Waals surface area contributed by atoms with E-state index in [2.05, 4.69) is 0 Å². The molecule has 0 aliphatic carbocycles. The molecule has 0 saturated carbocycles. The summed E-state index contributed by atoms with van der Waals surface area (Å²) >= 11 is 0. The Bertz CT molecular complexity index is 1540. The van der Waals surface area contributed by atoms with Crippen molar-refractivity contribution in [3.05, 3.63) is 82.4 Å². The van der Waals surface area contributed by atoms with Crippen LogP contribution in [0.5, 0.6) is 57.5 Å². The van der Waals surface area contributed by atoms with Crippen molar-refractivity contribution in [2.45, 2.75) is 12.0 Å². The molecule has 0 radical (unpaired) electrons. The number of phenolic OH excluding ortho intramolecular Hbond substituents is 9. The van der Waals surface area contributed by atoms with E-state index in [4.69, 9.17) is 4.74 Å². The zero-order valence-electron chi connectivity index (χ0n) is 19.4. The second-order valence-corrected chi connectivity index (χ2v) is 8.90. The Balaban J connectivity index is 1.74. The van der Waals surface area contributed by atoms with Crippen LogP contribution in [-0.4, -0.2) is 46.0 Å². The lowest BCUT2D eigenvalue weighted by Gasteiger charge is -2.22. The van der Waals surface area contributed by atoms with E-state index in [9.17, 15) is 46.0 Å². The van der Waals surface area contributed by atoms with Gasteiger partial charge in [0.05, 0.1) is 5.92 Å². The highest BCUT2D eigenvalue weighted by molar-refractivity contribution is 5.78. The van der Waals surface area contributed by atoms with Crippen LogP contribution in [0.1, 0.15) is 39.8 Å². The van der Waals surface area contributed by atoms with Gasteiger partial charge in [-0.25, -0.2) is 0 Å². The third-order valence-electron chi connectivity index (χ3n) is 6.25. The van der Waals surface area contributed by atoms with Gasteiger partial charge in [-0.2, -0.15) is 0 Å². The maximum absolute atomic E-state index is 10.7. The van der Waals surface area contributed by atoms with Crippen molar-refractivity contribution in [1.29, 1.82) is 0 Å². The highest BCUT2D eigenvalue weighted by atomic mass is 16.5. The Kier molecular flexibility index (Phi) is 5.71. The van der Waals surface area contributed by atoms with Crippen LogP contribution in [0.3, 0.4) is 0 Å². The number of rotatable bonds is 4. The molecule has 38 heavy (non-hydrogen) atoms. The summed E-state index contributed by atoms with van der Waals surface area (Å²) in [6, 6.07) is 11.4. The van der Waals surface area contributed by atoms with Crippen LogP contribution >= 0.6 is 0 Å². The minimum absolute atomic E-state index is 0.131. The summed E-state index contributed by atoms with van der Waals surface area (Å²) in [5, 5.41) is 91.2. The van der Waals surface area contributed by atoms with Gasteiger partial charge < -0.3 is 50.7 Å². The zero-order chi connectivity index (χ0) is 27.3. The van der Waals surface area contributed by atoms with Gasteiger partial charge in [0, 0.05) is 23.3 Å². The monoisotopic (exact) mass is 518 g/mol. The Labute approximate surface area is 215 Å². The molecule has 0 unspecified atom stereocenters. The van der Waals surface area contributed by atoms with Crippen molar-refractivity contribution in [3.63, 3.8) is 0 Å². The Hall–Kier alpha value is -5.38. The lowest BCUT2D eigenvalue weighted by Crippen LogP contribution is -2.12. The quantitative estimate of drug-likeness (QED) is 0.137. The molecule has 0 aromatic heterocycles. The zero-order valence-corrected chi connectivity index (χ0v) is 19.4. The second-order valence-electron chi connectivity index (χ2n) is 8.90. The number of fused-ring (bicyclic) bond motifs is 1. The Morgan fingerprint density at radius 1 is 0.526 bits per heavy atom. The number of hydrogen-bond donors (Lipinski definition) is 9. The van der Waals surface area contributed by atoms with Crippen LogP contribution < -0.4 is 4.74 Å². The van der Waals surface area contributed by atoms with Crippen LogP contribution in [0.15, 0.2) is 54.6 Å². The van der Waals surface area contributed by atoms with E-state index in [0.29, 0.717) is 22.3 Å². The van der Waals surface area contributed by atoms with Gasteiger partial charge in [0.1, 0.15) is 29.1 Å². The molecule has 1 aliphatic heterocycles. The number of benzene rings is 4. The van der Waals surface area contributed by atoms with Gasteiger partial charge in [-0.15, -0.1) is 0 Å². The van der Waals surface area contributed by atoms with Gasteiger partial charge in [-0.05, 0) is 59.2 Å². The maximum atomic E-state index is 10.7. The van der Waals surface area contributed by atoms with Crippen molar-refractivity contribution in [3.8, 4) is 57.5 Å². The SMILES string of the molecule is Oc1cc(O)cc(C=Cc2cc(O)c(O)c3c2[C@H](c2cc(O)cc(O)c2)[C@@H](c2cc(O)c(O)c(O)c2)O3)c1. The molecule has 4 aromatic carbocycles. The van der Waals surface area contributed by atoms with E-state index in [0.717, 1.165) is 24.3 Å². The highest BCUT2D eigenvalue weighted by Crippen LogP contribution is 2.58. The van der Waals surface area contributed by atoms with Crippen molar-refractivity contribution in [2.24, 2.45) is 0 Å². The predicted molar refractivity (Wildman–Crippen MR) is 135 cm³/mol. The molecule has 4 aromatic rings. The van der Waals surface area contributed by atoms with E-state index in [-0.39, 0.29) is 34.3 Å². The van der Waals surface area contributed by atoms with Crippen LogP contribution in [0.4, 0.5) is 0 Å². The molecule has 0 fully saturated rings.